The van der Waals surface area contributed by atoms with E-state index in [4.69, 9.17) is 5.73 Å². The van der Waals surface area contributed by atoms with Crippen LogP contribution in [0.25, 0.3) is 11.7 Å². The molecule has 2 aromatic heterocycles. The molecule has 0 aliphatic heterocycles. The minimum Gasteiger partial charge on any atom is -0.397 e. The van der Waals surface area contributed by atoms with Crippen molar-refractivity contribution in [3.63, 3.8) is 0 Å². The fraction of sp³-hybridized carbons (Fsp3) is 0.115. The lowest BCUT2D eigenvalue weighted by Crippen LogP contribution is -2.23. The van der Waals surface area contributed by atoms with Gasteiger partial charge in [0.15, 0.2) is 0 Å². The number of anilines is 2. The lowest BCUT2D eigenvalue weighted by molar-refractivity contribution is -0.116. The maximum absolute atomic E-state index is 12.4. The third-order valence-electron chi connectivity index (χ3n) is 5.28. The van der Waals surface area contributed by atoms with E-state index in [-0.39, 0.29) is 11.8 Å². The standard InChI is InChI=1S/C26H25N5O2/c1-18-23(31-17-5-4-8-24(31)29-18)13-14-25(32)28-16-15-19-9-11-20(12-10-19)26(33)30-22-7-3-2-6-21(22)27/h2-14,17H,15-16,27H2,1H3,(H,28,32)(H,30,33)/b14-13+. The molecule has 2 aromatic carbocycles. The molecule has 2 amide bonds. The molecule has 0 aliphatic carbocycles. The lowest BCUT2D eigenvalue weighted by Gasteiger charge is -2.08. The summed E-state index contributed by atoms with van der Waals surface area (Å²) in [6.07, 6.45) is 5.87. The van der Waals surface area contributed by atoms with Crippen molar-refractivity contribution in [2.75, 3.05) is 17.6 Å². The van der Waals surface area contributed by atoms with Crippen molar-refractivity contribution in [2.45, 2.75) is 13.3 Å². The first-order chi connectivity index (χ1) is 16.0. The fourth-order valence-corrected chi connectivity index (χ4v) is 3.50. The van der Waals surface area contributed by atoms with Gasteiger partial charge in [0.25, 0.3) is 5.91 Å². The molecule has 0 aliphatic rings. The summed E-state index contributed by atoms with van der Waals surface area (Å²) >= 11 is 0. The number of carbonyl (C=O) groups is 2. The van der Waals surface area contributed by atoms with Crippen molar-refractivity contribution < 1.29 is 9.59 Å². The largest absolute Gasteiger partial charge is 0.397 e. The van der Waals surface area contributed by atoms with E-state index in [1.807, 2.05) is 60.0 Å². The highest BCUT2D eigenvalue weighted by molar-refractivity contribution is 6.05. The number of nitrogens with zero attached hydrogens (tertiary/aromatic N) is 2. The van der Waals surface area contributed by atoms with Gasteiger partial charge in [-0.05, 0) is 61.4 Å². The number of benzene rings is 2. The molecule has 0 spiro atoms. The first-order valence-electron chi connectivity index (χ1n) is 10.7. The van der Waals surface area contributed by atoms with E-state index in [1.165, 1.54) is 6.08 Å². The Labute approximate surface area is 192 Å². The highest BCUT2D eigenvalue weighted by atomic mass is 16.2. The first kappa shape index (κ1) is 21.8. The van der Waals surface area contributed by atoms with E-state index in [0.717, 1.165) is 22.6 Å². The average Bonchev–Trinajstić information content (AvgIpc) is 3.14. The number of rotatable bonds is 7. The van der Waals surface area contributed by atoms with Crippen LogP contribution >= 0.6 is 0 Å². The van der Waals surface area contributed by atoms with Crippen LogP contribution < -0.4 is 16.4 Å². The second kappa shape index (κ2) is 9.82. The van der Waals surface area contributed by atoms with Crippen LogP contribution in [0.3, 0.4) is 0 Å². The zero-order chi connectivity index (χ0) is 23.2. The Kier molecular flexibility index (Phi) is 6.50. The van der Waals surface area contributed by atoms with Crippen molar-refractivity contribution in [2.24, 2.45) is 0 Å². The number of nitrogens with two attached hydrogens (primary N) is 1. The summed E-state index contributed by atoms with van der Waals surface area (Å²) in [6, 6.07) is 20.2. The zero-order valence-corrected chi connectivity index (χ0v) is 18.3. The highest BCUT2D eigenvalue weighted by Gasteiger charge is 2.08. The Hall–Kier alpha value is -4.39. The van der Waals surface area contributed by atoms with Gasteiger partial charge in [0.1, 0.15) is 5.65 Å². The van der Waals surface area contributed by atoms with E-state index < -0.39 is 0 Å². The third-order valence-corrected chi connectivity index (χ3v) is 5.28. The fourth-order valence-electron chi connectivity index (χ4n) is 3.50. The minimum absolute atomic E-state index is 0.170. The molecular weight excluding hydrogens is 414 g/mol. The number of amides is 2. The van der Waals surface area contributed by atoms with Gasteiger partial charge in [0.05, 0.1) is 22.8 Å². The van der Waals surface area contributed by atoms with Crippen LogP contribution in [0.4, 0.5) is 11.4 Å². The van der Waals surface area contributed by atoms with E-state index >= 15 is 0 Å². The van der Waals surface area contributed by atoms with E-state index in [1.54, 1.807) is 30.3 Å². The predicted molar refractivity (Wildman–Crippen MR) is 131 cm³/mol. The van der Waals surface area contributed by atoms with Crippen LogP contribution in [-0.4, -0.2) is 27.7 Å². The van der Waals surface area contributed by atoms with Gasteiger partial charge in [-0.2, -0.15) is 0 Å². The number of nitrogens with one attached hydrogen (secondary N) is 2. The van der Waals surface area contributed by atoms with Crippen LogP contribution in [0.1, 0.15) is 27.3 Å². The number of aryl methyl sites for hydroxylation is 1. The van der Waals surface area contributed by atoms with E-state index in [0.29, 0.717) is 29.9 Å². The van der Waals surface area contributed by atoms with Crippen molar-refractivity contribution in [3.05, 3.63) is 102 Å². The van der Waals surface area contributed by atoms with Crippen molar-refractivity contribution >= 4 is 34.9 Å². The molecule has 166 valence electrons. The molecule has 4 N–H and O–H groups in total. The highest BCUT2D eigenvalue weighted by Crippen LogP contribution is 2.18. The molecule has 4 aromatic rings. The van der Waals surface area contributed by atoms with Crippen molar-refractivity contribution in [3.8, 4) is 0 Å². The molecule has 7 heteroatoms. The number of hydrogen-bond donors (Lipinski definition) is 3. The number of pyridine rings is 1. The third kappa shape index (κ3) is 5.27. The number of imidazole rings is 1. The smallest absolute Gasteiger partial charge is 0.255 e. The van der Waals surface area contributed by atoms with Crippen LogP contribution in [0.2, 0.25) is 0 Å². The van der Waals surface area contributed by atoms with E-state index in [9.17, 15) is 9.59 Å². The summed E-state index contributed by atoms with van der Waals surface area (Å²) in [4.78, 5) is 29.1. The zero-order valence-electron chi connectivity index (χ0n) is 18.3. The Bertz CT molecular complexity index is 1320. The number of para-hydroxylation sites is 2. The van der Waals surface area contributed by atoms with Crippen molar-refractivity contribution in [1.29, 1.82) is 0 Å². The Morgan fingerprint density at radius 3 is 2.58 bits per heavy atom. The normalized spacial score (nSPS) is 11.1. The summed E-state index contributed by atoms with van der Waals surface area (Å²) in [5.74, 6) is -0.391. The van der Waals surface area contributed by atoms with Gasteiger partial charge in [-0.15, -0.1) is 0 Å². The maximum Gasteiger partial charge on any atom is 0.255 e. The molecule has 0 bridgehead atoms. The first-order valence-corrected chi connectivity index (χ1v) is 10.7. The lowest BCUT2D eigenvalue weighted by atomic mass is 10.1. The second-order valence-corrected chi connectivity index (χ2v) is 7.62. The number of carbonyl (C=O) groups excluding carboxylic acids is 2. The van der Waals surface area contributed by atoms with Gasteiger partial charge in [-0.25, -0.2) is 4.98 Å². The summed E-state index contributed by atoms with van der Waals surface area (Å²) in [6.45, 7) is 2.41. The van der Waals surface area contributed by atoms with Gasteiger partial charge in [0.2, 0.25) is 5.91 Å². The Morgan fingerprint density at radius 1 is 1.03 bits per heavy atom. The number of hydrogen-bond acceptors (Lipinski definition) is 4. The van der Waals surface area contributed by atoms with Crippen LogP contribution in [-0.2, 0) is 11.2 Å². The van der Waals surface area contributed by atoms with Crippen LogP contribution in [0.5, 0.6) is 0 Å². The summed E-state index contributed by atoms with van der Waals surface area (Å²) in [7, 11) is 0. The molecule has 7 nitrogen and oxygen atoms in total. The second-order valence-electron chi connectivity index (χ2n) is 7.62. The number of fused-ring (bicyclic) bond motifs is 1. The molecule has 4 rings (SSSR count). The molecule has 0 saturated carbocycles. The Morgan fingerprint density at radius 2 is 1.79 bits per heavy atom. The van der Waals surface area contributed by atoms with Crippen LogP contribution in [0.15, 0.2) is 79.0 Å². The van der Waals surface area contributed by atoms with Gasteiger partial charge in [-0.1, -0.05) is 30.3 Å². The monoisotopic (exact) mass is 439 g/mol. The van der Waals surface area contributed by atoms with Gasteiger partial charge >= 0.3 is 0 Å². The van der Waals surface area contributed by atoms with Crippen molar-refractivity contribution in [1.82, 2.24) is 14.7 Å². The summed E-state index contributed by atoms with van der Waals surface area (Å²) in [5, 5.41) is 5.70. The number of nitrogen functional groups attached to an aromatic ring is 1. The van der Waals surface area contributed by atoms with Gasteiger partial charge in [0, 0.05) is 24.4 Å². The minimum atomic E-state index is -0.222. The average molecular weight is 440 g/mol. The predicted octanol–water partition coefficient (Wildman–Crippen LogP) is 3.85. The maximum atomic E-state index is 12.4. The van der Waals surface area contributed by atoms with Gasteiger partial charge < -0.3 is 20.8 Å². The molecule has 0 unspecified atom stereocenters. The molecule has 0 fully saturated rings. The SMILES string of the molecule is Cc1nc2ccccn2c1/C=C/C(=O)NCCc1ccc(C(=O)Nc2ccccc2N)cc1. The molecule has 0 atom stereocenters. The molecule has 0 saturated heterocycles. The molecule has 0 radical (unpaired) electrons. The molecular formula is C26H25N5O2. The topological polar surface area (TPSA) is 102 Å². The quantitative estimate of drug-likeness (QED) is 0.301. The van der Waals surface area contributed by atoms with Crippen LogP contribution in [0, 0.1) is 6.92 Å². The van der Waals surface area contributed by atoms with Gasteiger partial charge in [-0.3, -0.25) is 9.59 Å². The summed E-state index contributed by atoms with van der Waals surface area (Å²) in [5.41, 5.74) is 11.1. The number of aromatic nitrogens is 2. The Balaban J connectivity index is 1.28. The molecule has 2 heterocycles. The summed E-state index contributed by atoms with van der Waals surface area (Å²) < 4.78 is 1.95. The molecule has 33 heavy (non-hydrogen) atoms. The van der Waals surface area contributed by atoms with E-state index in [2.05, 4.69) is 15.6 Å².